The van der Waals surface area contributed by atoms with Gasteiger partial charge in [-0.25, -0.2) is 9.78 Å². The van der Waals surface area contributed by atoms with Gasteiger partial charge in [0.2, 0.25) is 0 Å². The van der Waals surface area contributed by atoms with E-state index in [-0.39, 0.29) is 18.1 Å². The SMILES string of the molecule is CCOC(=O)c1c(NC(=O)c2ccccc2OC)nc(SC)n1Cc1ccccc1. The van der Waals surface area contributed by atoms with Gasteiger partial charge in [0.25, 0.3) is 5.91 Å². The molecule has 1 N–H and O–H groups in total. The molecule has 0 bridgehead atoms. The average molecular weight is 426 g/mol. The summed E-state index contributed by atoms with van der Waals surface area (Å²) in [6.45, 7) is 2.37. The first-order valence-electron chi connectivity index (χ1n) is 9.39. The Kier molecular flexibility index (Phi) is 7.13. The molecule has 0 spiro atoms. The number of thioether (sulfide) groups is 1. The van der Waals surface area contributed by atoms with Crippen LogP contribution < -0.4 is 10.1 Å². The summed E-state index contributed by atoms with van der Waals surface area (Å²) >= 11 is 1.38. The minimum Gasteiger partial charge on any atom is -0.496 e. The Bertz CT molecular complexity index is 1030. The number of amides is 1. The Hall–Kier alpha value is -3.26. The maximum Gasteiger partial charge on any atom is 0.358 e. The third-order valence-corrected chi connectivity index (χ3v) is 5.03. The highest BCUT2D eigenvalue weighted by Gasteiger charge is 2.26. The summed E-state index contributed by atoms with van der Waals surface area (Å²) in [6, 6.07) is 16.6. The predicted octanol–water partition coefficient (Wildman–Crippen LogP) is 4.09. The Morgan fingerprint density at radius 1 is 1.10 bits per heavy atom. The van der Waals surface area contributed by atoms with Crippen molar-refractivity contribution in [1.29, 1.82) is 0 Å². The number of benzene rings is 2. The highest BCUT2D eigenvalue weighted by molar-refractivity contribution is 7.98. The molecular weight excluding hydrogens is 402 g/mol. The van der Waals surface area contributed by atoms with Crippen molar-refractivity contribution in [3.63, 3.8) is 0 Å². The zero-order chi connectivity index (χ0) is 21.5. The summed E-state index contributed by atoms with van der Waals surface area (Å²) in [4.78, 5) is 30.2. The lowest BCUT2D eigenvalue weighted by molar-refractivity contribution is 0.0514. The van der Waals surface area contributed by atoms with Crippen LogP contribution in [0.4, 0.5) is 5.82 Å². The fourth-order valence-electron chi connectivity index (χ4n) is 3.00. The molecule has 0 saturated carbocycles. The van der Waals surface area contributed by atoms with E-state index in [9.17, 15) is 9.59 Å². The summed E-state index contributed by atoms with van der Waals surface area (Å²) in [6.07, 6.45) is 1.87. The molecule has 30 heavy (non-hydrogen) atoms. The first kappa shape index (κ1) is 21.4. The van der Waals surface area contributed by atoms with Crippen LogP contribution >= 0.6 is 11.8 Å². The molecule has 0 aliphatic carbocycles. The van der Waals surface area contributed by atoms with E-state index >= 15 is 0 Å². The highest BCUT2D eigenvalue weighted by atomic mass is 32.2. The lowest BCUT2D eigenvalue weighted by atomic mass is 10.2. The number of imidazole rings is 1. The number of nitrogens with zero attached hydrogens (tertiary/aromatic N) is 2. The molecule has 3 rings (SSSR count). The van der Waals surface area contributed by atoms with Gasteiger partial charge in [-0.1, -0.05) is 54.2 Å². The molecule has 0 unspecified atom stereocenters. The van der Waals surface area contributed by atoms with Gasteiger partial charge in [0.1, 0.15) is 5.75 Å². The van der Waals surface area contributed by atoms with Crippen molar-refractivity contribution in [3.05, 3.63) is 71.4 Å². The quantitative estimate of drug-likeness (QED) is 0.432. The molecule has 0 radical (unpaired) electrons. The van der Waals surface area contributed by atoms with E-state index in [0.29, 0.717) is 23.0 Å². The van der Waals surface area contributed by atoms with Gasteiger partial charge in [0.15, 0.2) is 16.7 Å². The van der Waals surface area contributed by atoms with Gasteiger partial charge in [-0.15, -0.1) is 0 Å². The molecule has 156 valence electrons. The van der Waals surface area contributed by atoms with Gasteiger partial charge < -0.3 is 19.4 Å². The molecular formula is C22H23N3O4S. The van der Waals surface area contributed by atoms with E-state index in [2.05, 4.69) is 10.3 Å². The summed E-state index contributed by atoms with van der Waals surface area (Å²) in [5, 5.41) is 3.35. The molecule has 0 aliphatic heterocycles. The van der Waals surface area contributed by atoms with Crippen LogP contribution in [0.15, 0.2) is 59.8 Å². The highest BCUT2D eigenvalue weighted by Crippen LogP contribution is 2.27. The Morgan fingerprint density at radius 3 is 2.47 bits per heavy atom. The molecule has 0 aliphatic rings. The zero-order valence-corrected chi connectivity index (χ0v) is 17.9. The average Bonchev–Trinajstić information content (AvgIpc) is 3.11. The predicted molar refractivity (Wildman–Crippen MR) is 116 cm³/mol. The van der Waals surface area contributed by atoms with Crippen molar-refractivity contribution < 1.29 is 19.1 Å². The van der Waals surface area contributed by atoms with Crippen LogP contribution in [-0.4, -0.2) is 41.4 Å². The number of hydrogen-bond acceptors (Lipinski definition) is 6. The van der Waals surface area contributed by atoms with Crippen molar-refractivity contribution in [2.75, 3.05) is 25.3 Å². The van der Waals surface area contributed by atoms with E-state index in [0.717, 1.165) is 5.56 Å². The van der Waals surface area contributed by atoms with Crippen molar-refractivity contribution in [2.24, 2.45) is 0 Å². The second-order valence-corrected chi connectivity index (χ2v) is 7.02. The summed E-state index contributed by atoms with van der Waals surface area (Å²) in [5.41, 5.74) is 1.55. The number of rotatable bonds is 8. The van der Waals surface area contributed by atoms with E-state index < -0.39 is 11.9 Å². The maximum atomic E-state index is 12.9. The zero-order valence-electron chi connectivity index (χ0n) is 17.0. The van der Waals surface area contributed by atoms with Crippen molar-refractivity contribution in [2.45, 2.75) is 18.6 Å². The fourth-order valence-corrected chi connectivity index (χ4v) is 3.56. The fraction of sp³-hybridized carbons (Fsp3) is 0.227. The molecule has 3 aromatic rings. The number of carbonyl (C=O) groups excluding carboxylic acids is 2. The van der Waals surface area contributed by atoms with Gasteiger partial charge in [-0.2, -0.15) is 0 Å². The third kappa shape index (κ3) is 4.65. The number of nitrogens with one attached hydrogen (secondary N) is 1. The number of anilines is 1. The Morgan fingerprint density at radius 2 is 1.80 bits per heavy atom. The summed E-state index contributed by atoms with van der Waals surface area (Å²) < 4.78 is 12.3. The van der Waals surface area contributed by atoms with Crippen LogP contribution in [0.5, 0.6) is 5.75 Å². The molecule has 1 amide bonds. The van der Waals surface area contributed by atoms with Crippen molar-refractivity contribution >= 4 is 29.5 Å². The minimum atomic E-state index is -0.545. The van der Waals surface area contributed by atoms with Crippen LogP contribution in [0, 0.1) is 0 Å². The Balaban J connectivity index is 2.02. The largest absolute Gasteiger partial charge is 0.496 e. The standard InChI is InChI=1S/C22H23N3O4S/c1-4-29-21(27)18-19(23-20(26)16-12-8-9-13-17(16)28-2)24-22(30-3)25(18)14-15-10-6-5-7-11-15/h5-13H,4,14H2,1-3H3,(H,23,26). The molecule has 0 saturated heterocycles. The second-order valence-electron chi connectivity index (χ2n) is 6.24. The number of ether oxygens (including phenoxy) is 2. The molecule has 0 fully saturated rings. The summed E-state index contributed by atoms with van der Waals surface area (Å²) in [7, 11) is 1.50. The first-order chi connectivity index (χ1) is 14.6. The molecule has 1 aromatic heterocycles. The Labute approximate surface area is 179 Å². The van der Waals surface area contributed by atoms with E-state index in [1.54, 1.807) is 35.8 Å². The van der Waals surface area contributed by atoms with Gasteiger partial charge in [-0.3, -0.25) is 4.79 Å². The lowest BCUT2D eigenvalue weighted by Gasteiger charge is -2.12. The number of esters is 1. The summed E-state index contributed by atoms with van der Waals surface area (Å²) in [5.74, 6) is -0.377. The van der Waals surface area contributed by atoms with Crippen LogP contribution in [-0.2, 0) is 11.3 Å². The molecule has 2 aromatic carbocycles. The molecule has 7 nitrogen and oxygen atoms in total. The van der Waals surface area contributed by atoms with E-state index in [4.69, 9.17) is 9.47 Å². The van der Waals surface area contributed by atoms with Gasteiger partial charge in [0.05, 0.1) is 25.8 Å². The van der Waals surface area contributed by atoms with Crippen LogP contribution in [0.1, 0.15) is 33.3 Å². The number of para-hydroxylation sites is 1. The third-order valence-electron chi connectivity index (χ3n) is 4.35. The number of aromatic nitrogens is 2. The van der Waals surface area contributed by atoms with Crippen LogP contribution in [0.3, 0.4) is 0 Å². The first-order valence-corrected chi connectivity index (χ1v) is 10.6. The van der Waals surface area contributed by atoms with Crippen LogP contribution in [0.25, 0.3) is 0 Å². The van der Waals surface area contributed by atoms with Gasteiger partial charge in [0, 0.05) is 0 Å². The molecule has 0 atom stereocenters. The van der Waals surface area contributed by atoms with E-state index in [1.807, 2.05) is 36.6 Å². The number of hydrogen-bond donors (Lipinski definition) is 1. The van der Waals surface area contributed by atoms with E-state index in [1.165, 1.54) is 18.9 Å². The van der Waals surface area contributed by atoms with Gasteiger partial charge >= 0.3 is 5.97 Å². The van der Waals surface area contributed by atoms with Crippen LogP contribution in [0.2, 0.25) is 0 Å². The minimum absolute atomic E-state index is 0.157. The van der Waals surface area contributed by atoms with Gasteiger partial charge in [-0.05, 0) is 30.9 Å². The number of carbonyl (C=O) groups is 2. The smallest absolute Gasteiger partial charge is 0.358 e. The number of methoxy groups -OCH3 is 1. The second kappa shape index (κ2) is 9.98. The maximum absolute atomic E-state index is 12.9. The molecule has 1 heterocycles. The monoisotopic (exact) mass is 425 g/mol. The normalized spacial score (nSPS) is 10.5. The molecule has 8 heteroatoms. The lowest BCUT2D eigenvalue weighted by Crippen LogP contribution is -2.19. The van der Waals surface area contributed by atoms with Crippen molar-refractivity contribution in [1.82, 2.24) is 9.55 Å². The topological polar surface area (TPSA) is 82.4 Å². The van der Waals surface area contributed by atoms with Crippen molar-refractivity contribution in [3.8, 4) is 5.75 Å².